The molecule has 0 saturated carbocycles. The molecule has 0 atom stereocenters. The summed E-state index contributed by atoms with van der Waals surface area (Å²) >= 11 is 3.38. The number of nitrogens with one attached hydrogen (secondary N) is 1. The van der Waals surface area contributed by atoms with E-state index in [1.54, 1.807) is 18.2 Å². The predicted octanol–water partition coefficient (Wildman–Crippen LogP) is 5.39. The maximum absolute atomic E-state index is 12.6. The van der Waals surface area contributed by atoms with E-state index in [2.05, 4.69) is 21.2 Å². The molecular weight excluding hydrogens is 345 g/mol. The molecule has 0 aliphatic carbocycles. The molecule has 2 nitrogen and oxygen atoms in total. The van der Waals surface area contributed by atoms with Crippen LogP contribution in [-0.2, 0) is 6.18 Å². The Morgan fingerprint density at radius 1 is 1.14 bits per heavy atom. The van der Waals surface area contributed by atoms with Gasteiger partial charge in [-0.15, -0.1) is 0 Å². The van der Waals surface area contributed by atoms with Crippen molar-refractivity contribution in [3.63, 3.8) is 0 Å². The van der Waals surface area contributed by atoms with E-state index in [0.29, 0.717) is 11.4 Å². The number of aryl methyl sites for hydroxylation is 1. The van der Waals surface area contributed by atoms with Crippen LogP contribution in [0, 0.1) is 18.3 Å². The Kier molecular flexibility index (Phi) is 4.24. The first kappa shape index (κ1) is 15.4. The van der Waals surface area contributed by atoms with Crippen LogP contribution in [0.25, 0.3) is 0 Å². The molecule has 0 radical (unpaired) electrons. The molecule has 0 fully saturated rings. The van der Waals surface area contributed by atoms with Crippen LogP contribution in [0.15, 0.2) is 40.9 Å². The molecule has 21 heavy (non-hydrogen) atoms. The van der Waals surface area contributed by atoms with Crippen LogP contribution in [0.5, 0.6) is 0 Å². The molecule has 0 amide bonds. The van der Waals surface area contributed by atoms with Gasteiger partial charge in [-0.2, -0.15) is 18.4 Å². The maximum Gasteiger partial charge on any atom is 0.416 e. The minimum absolute atomic E-state index is 0.0541. The molecule has 2 aromatic rings. The fourth-order valence-electron chi connectivity index (χ4n) is 1.75. The second kappa shape index (κ2) is 5.78. The second-order valence-electron chi connectivity index (χ2n) is 4.46. The molecule has 0 saturated heterocycles. The fraction of sp³-hybridized carbons (Fsp3) is 0.133. The number of benzene rings is 2. The van der Waals surface area contributed by atoms with Gasteiger partial charge in [0.15, 0.2) is 0 Å². The smallest absolute Gasteiger partial charge is 0.354 e. The van der Waals surface area contributed by atoms with Gasteiger partial charge >= 0.3 is 6.18 Å². The maximum atomic E-state index is 12.6. The summed E-state index contributed by atoms with van der Waals surface area (Å²) in [6, 6.07) is 10.3. The number of hydrogen-bond donors (Lipinski definition) is 1. The van der Waals surface area contributed by atoms with Crippen molar-refractivity contribution in [2.24, 2.45) is 0 Å². The van der Waals surface area contributed by atoms with Crippen molar-refractivity contribution >= 4 is 27.3 Å². The third-order valence-corrected chi connectivity index (χ3v) is 3.77. The van der Waals surface area contributed by atoms with Crippen LogP contribution in [0.4, 0.5) is 24.5 Å². The quantitative estimate of drug-likeness (QED) is 0.784. The third-order valence-electron chi connectivity index (χ3n) is 2.92. The van der Waals surface area contributed by atoms with Crippen LogP contribution < -0.4 is 5.32 Å². The van der Waals surface area contributed by atoms with E-state index in [1.165, 1.54) is 6.07 Å². The lowest BCUT2D eigenvalue weighted by atomic mass is 10.1. The van der Waals surface area contributed by atoms with Gasteiger partial charge in [0, 0.05) is 10.2 Å². The Morgan fingerprint density at radius 3 is 2.43 bits per heavy atom. The van der Waals surface area contributed by atoms with Gasteiger partial charge in [0.05, 0.1) is 16.8 Å². The summed E-state index contributed by atoms with van der Waals surface area (Å²) in [4.78, 5) is 0. The summed E-state index contributed by atoms with van der Waals surface area (Å²) < 4.78 is 38.7. The molecule has 0 aliphatic heterocycles. The van der Waals surface area contributed by atoms with E-state index in [0.717, 1.165) is 22.2 Å². The summed E-state index contributed by atoms with van der Waals surface area (Å²) in [6.45, 7) is 1.92. The predicted molar refractivity (Wildman–Crippen MR) is 78.3 cm³/mol. The zero-order valence-corrected chi connectivity index (χ0v) is 12.5. The van der Waals surface area contributed by atoms with Crippen LogP contribution in [0.2, 0.25) is 0 Å². The summed E-state index contributed by atoms with van der Waals surface area (Å²) in [5, 5.41) is 12.0. The van der Waals surface area contributed by atoms with Crippen molar-refractivity contribution in [3.8, 4) is 6.07 Å². The number of nitrogens with zero attached hydrogens (tertiary/aromatic N) is 1. The topological polar surface area (TPSA) is 35.8 Å². The van der Waals surface area contributed by atoms with Gasteiger partial charge in [0.25, 0.3) is 0 Å². The number of anilines is 2. The lowest BCUT2D eigenvalue weighted by molar-refractivity contribution is -0.137. The minimum Gasteiger partial charge on any atom is -0.354 e. The van der Waals surface area contributed by atoms with Crippen molar-refractivity contribution < 1.29 is 13.2 Å². The number of rotatable bonds is 2. The highest BCUT2D eigenvalue weighted by Crippen LogP contribution is 2.33. The van der Waals surface area contributed by atoms with Crippen molar-refractivity contribution in [1.82, 2.24) is 0 Å². The highest BCUT2D eigenvalue weighted by atomic mass is 79.9. The third kappa shape index (κ3) is 3.56. The number of alkyl halides is 3. The molecule has 0 aromatic heterocycles. The Labute approximate surface area is 128 Å². The van der Waals surface area contributed by atoms with E-state index in [9.17, 15) is 13.2 Å². The molecule has 6 heteroatoms. The van der Waals surface area contributed by atoms with Crippen LogP contribution in [0.1, 0.15) is 16.7 Å². The SMILES string of the molecule is Cc1ccc(Nc2ccc(C(F)(F)F)cc2C#N)cc1Br. The van der Waals surface area contributed by atoms with Gasteiger partial charge < -0.3 is 5.32 Å². The fourth-order valence-corrected chi connectivity index (χ4v) is 2.13. The number of hydrogen-bond acceptors (Lipinski definition) is 2. The van der Waals surface area contributed by atoms with Gasteiger partial charge in [-0.3, -0.25) is 0 Å². The second-order valence-corrected chi connectivity index (χ2v) is 5.31. The first-order chi connectivity index (χ1) is 9.81. The minimum atomic E-state index is -4.46. The Hall–Kier alpha value is -2.00. The normalized spacial score (nSPS) is 11.0. The summed E-state index contributed by atoms with van der Waals surface area (Å²) in [5.74, 6) is 0. The monoisotopic (exact) mass is 354 g/mol. The van der Waals surface area contributed by atoms with Crippen molar-refractivity contribution in [1.29, 1.82) is 5.26 Å². The molecule has 0 spiro atoms. The molecule has 0 bridgehead atoms. The van der Waals surface area contributed by atoms with Gasteiger partial charge in [-0.25, -0.2) is 0 Å². The van der Waals surface area contributed by atoms with E-state index < -0.39 is 11.7 Å². The van der Waals surface area contributed by atoms with Crippen molar-refractivity contribution in [2.75, 3.05) is 5.32 Å². The molecule has 108 valence electrons. The van der Waals surface area contributed by atoms with E-state index in [1.807, 2.05) is 13.0 Å². The van der Waals surface area contributed by atoms with Crippen LogP contribution in [0.3, 0.4) is 0 Å². The molecule has 2 aromatic carbocycles. The standard InChI is InChI=1S/C15H10BrF3N2/c1-9-2-4-12(7-13(9)16)21-14-5-3-11(15(17,18)19)6-10(14)8-20/h2-7,21H,1H3. The number of nitriles is 1. The average molecular weight is 355 g/mol. The lowest BCUT2D eigenvalue weighted by Gasteiger charge is -2.12. The van der Waals surface area contributed by atoms with E-state index in [-0.39, 0.29) is 5.56 Å². The Bertz CT molecular complexity index is 718. The van der Waals surface area contributed by atoms with Gasteiger partial charge in [-0.05, 0) is 42.8 Å². The number of halogens is 4. The molecule has 2 rings (SSSR count). The Balaban J connectivity index is 2.36. The zero-order chi connectivity index (χ0) is 15.6. The average Bonchev–Trinajstić information content (AvgIpc) is 2.42. The largest absolute Gasteiger partial charge is 0.416 e. The molecule has 0 heterocycles. The zero-order valence-electron chi connectivity index (χ0n) is 10.9. The summed E-state index contributed by atoms with van der Waals surface area (Å²) in [6.07, 6.45) is -4.46. The van der Waals surface area contributed by atoms with Crippen LogP contribution in [-0.4, -0.2) is 0 Å². The first-order valence-electron chi connectivity index (χ1n) is 5.96. The van der Waals surface area contributed by atoms with E-state index >= 15 is 0 Å². The molecule has 1 N–H and O–H groups in total. The highest BCUT2D eigenvalue weighted by Gasteiger charge is 2.31. The molecule has 0 unspecified atom stereocenters. The van der Waals surface area contributed by atoms with Gasteiger partial charge in [0.1, 0.15) is 6.07 Å². The van der Waals surface area contributed by atoms with Crippen LogP contribution >= 0.6 is 15.9 Å². The molecular formula is C15H10BrF3N2. The van der Waals surface area contributed by atoms with Gasteiger partial charge in [0.2, 0.25) is 0 Å². The summed E-state index contributed by atoms with van der Waals surface area (Å²) in [7, 11) is 0. The van der Waals surface area contributed by atoms with Crippen molar-refractivity contribution in [3.05, 3.63) is 57.6 Å². The lowest BCUT2D eigenvalue weighted by Crippen LogP contribution is -2.06. The summed E-state index contributed by atoms with van der Waals surface area (Å²) in [5.41, 5.74) is 1.16. The molecule has 0 aliphatic rings. The highest BCUT2D eigenvalue weighted by molar-refractivity contribution is 9.10. The van der Waals surface area contributed by atoms with Gasteiger partial charge in [-0.1, -0.05) is 22.0 Å². The van der Waals surface area contributed by atoms with Crippen molar-refractivity contribution in [2.45, 2.75) is 13.1 Å². The Morgan fingerprint density at radius 2 is 1.86 bits per heavy atom. The van der Waals surface area contributed by atoms with E-state index in [4.69, 9.17) is 5.26 Å². The first-order valence-corrected chi connectivity index (χ1v) is 6.75.